The minimum atomic E-state index is -0.450. The molecule has 0 spiro atoms. The minimum Gasteiger partial charge on any atom is -0.394 e. The van der Waals surface area contributed by atoms with Crippen LogP contribution in [0.4, 0.5) is 10.5 Å². The highest BCUT2D eigenvalue weighted by Crippen LogP contribution is 2.16. The van der Waals surface area contributed by atoms with Crippen molar-refractivity contribution >= 4 is 23.3 Å². The van der Waals surface area contributed by atoms with Crippen molar-refractivity contribution in [3.05, 3.63) is 63.5 Å². The molecule has 7 heteroatoms. The minimum absolute atomic E-state index is 0.153. The molecule has 3 N–H and O–H groups in total. The molecule has 1 aromatic carbocycles. The number of nitrogens with one attached hydrogen (secondary N) is 2. The van der Waals surface area contributed by atoms with Gasteiger partial charge in [-0.05, 0) is 24.6 Å². The Bertz CT molecular complexity index is 745. The Morgan fingerprint density at radius 1 is 1.30 bits per heavy atom. The van der Waals surface area contributed by atoms with E-state index < -0.39 is 6.03 Å². The van der Waals surface area contributed by atoms with Gasteiger partial charge in [-0.3, -0.25) is 4.79 Å². The van der Waals surface area contributed by atoms with Crippen molar-refractivity contribution in [3.8, 4) is 0 Å². The van der Waals surface area contributed by atoms with Crippen LogP contribution in [0.25, 0.3) is 0 Å². The van der Waals surface area contributed by atoms with Crippen molar-refractivity contribution in [1.29, 1.82) is 0 Å². The van der Waals surface area contributed by atoms with Crippen molar-refractivity contribution in [3.63, 3.8) is 0 Å². The number of aliphatic hydroxyl groups is 1. The lowest BCUT2D eigenvalue weighted by Gasteiger charge is -2.13. The van der Waals surface area contributed by atoms with E-state index in [1.54, 1.807) is 19.2 Å². The van der Waals surface area contributed by atoms with Crippen molar-refractivity contribution in [2.75, 3.05) is 11.9 Å². The number of rotatable bonds is 5. The van der Waals surface area contributed by atoms with Crippen molar-refractivity contribution in [2.24, 2.45) is 0 Å². The molecule has 0 saturated heterocycles. The Morgan fingerprint density at radius 2 is 2.04 bits per heavy atom. The molecular formula is C16H18ClN3O3. The molecule has 0 unspecified atom stereocenters. The van der Waals surface area contributed by atoms with Crippen LogP contribution in [0.15, 0.2) is 47.4 Å². The maximum absolute atomic E-state index is 12.0. The van der Waals surface area contributed by atoms with Gasteiger partial charge in [-0.1, -0.05) is 29.8 Å². The highest BCUT2D eigenvalue weighted by Gasteiger charge is 2.08. The van der Waals surface area contributed by atoms with Crippen molar-refractivity contribution < 1.29 is 9.90 Å². The predicted octanol–water partition coefficient (Wildman–Crippen LogP) is 2.05. The summed E-state index contributed by atoms with van der Waals surface area (Å²) in [7, 11) is 0. The quantitative estimate of drug-likeness (QED) is 0.782. The van der Waals surface area contributed by atoms with E-state index in [0.717, 1.165) is 5.56 Å². The number of benzene rings is 1. The number of anilines is 1. The number of carbonyl (C=O) groups excluding carboxylic acids is 1. The second-order valence-corrected chi connectivity index (χ2v) is 5.56. The average Bonchev–Trinajstić information content (AvgIpc) is 2.52. The Kier molecular flexibility index (Phi) is 5.78. The number of hydrogen-bond acceptors (Lipinski definition) is 3. The van der Waals surface area contributed by atoms with Gasteiger partial charge in [0.15, 0.2) is 0 Å². The van der Waals surface area contributed by atoms with Gasteiger partial charge in [-0.2, -0.15) is 0 Å². The lowest BCUT2D eigenvalue weighted by molar-refractivity contribution is 0.229. The van der Waals surface area contributed by atoms with Crippen molar-refractivity contribution in [1.82, 2.24) is 9.88 Å². The van der Waals surface area contributed by atoms with E-state index in [0.29, 0.717) is 17.3 Å². The van der Waals surface area contributed by atoms with Crippen LogP contribution in [0.1, 0.15) is 12.5 Å². The summed E-state index contributed by atoms with van der Waals surface area (Å²) in [6.07, 6.45) is 1.55. The van der Waals surface area contributed by atoms with Gasteiger partial charge in [-0.25, -0.2) is 4.79 Å². The summed E-state index contributed by atoms with van der Waals surface area (Å²) in [5.41, 5.74) is 1.09. The van der Waals surface area contributed by atoms with E-state index in [4.69, 9.17) is 16.7 Å². The summed E-state index contributed by atoms with van der Waals surface area (Å²) in [5.74, 6) is 0. The highest BCUT2D eigenvalue weighted by atomic mass is 35.5. The van der Waals surface area contributed by atoms with Crippen LogP contribution in [0.5, 0.6) is 0 Å². The Hall–Kier alpha value is -2.31. The predicted molar refractivity (Wildman–Crippen MR) is 90.0 cm³/mol. The Labute approximate surface area is 138 Å². The van der Waals surface area contributed by atoms with E-state index in [-0.39, 0.29) is 18.2 Å². The zero-order valence-corrected chi connectivity index (χ0v) is 13.4. The molecule has 1 atom stereocenters. The second-order valence-electron chi connectivity index (χ2n) is 5.16. The molecule has 23 heavy (non-hydrogen) atoms. The fourth-order valence-corrected chi connectivity index (χ4v) is 2.17. The first-order chi connectivity index (χ1) is 11.0. The molecule has 122 valence electrons. The van der Waals surface area contributed by atoms with Gasteiger partial charge < -0.3 is 20.3 Å². The van der Waals surface area contributed by atoms with Crippen LogP contribution in [-0.2, 0) is 6.54 Å². The molecule has 0 fully saturated rings. The number of halogens is 1. The molecule has 2 aromatic rings. The monoisotopic (exact) mass is 335 g/mol. The zero-order valence-electron chi connectivity index (χ0n) is 12.6. The molecular weight excluding hydrogens is 318 g/mol. The van der Waals surface area contributed by atoms with E-state index >= 15 is 0 Å². The second kappa shape index (κ2) is 7.80. The molecule has 0 aliphatic carbocycles. The van der Waals surface area contributed by atoms with Crippen molar-refractivity contribution in [2.45, 2.75) is 19.5 Å². The topological polar surface area (TPSA) is 83.4 Å². The van der Waals surface area contributed by atoms with Crippen LogP contribution in [0.3, 0.4) is 0 Å². The summed E-state index contributed by atoms with van der Waals surface area (Å²) in [5, 5.41) is 14.7. The zero-order chi connectivity index (χ0) is 16.8. The Morgan fingerprint density at radius 3 is 2.74 bits per heavy atom. The smallest absolute Gasteiger partial charge is 0.319 e. The fourth-order valence-electron chi connectivity index (χ4n) is 1.98. The third-order valence-corrected chi connectivity index (χ3v) is 3.56. The number of aliphatic hydroxyl groups excluding tert-OH is 1. The number of amides is 2. The third-order valence-electron chi connectivity index (χ3n) is 3.19. The molecule has 1 heterocycles. The van der Waals surface area contributed by atoms with E-state index in [1.165, 1.54) is 16.7 Å². The van der Waals surface area contributed by atoms with E-state index in [9.17, 15) is 9.59 Å². The normalized spacial score (nSPS) is 11.8. The number of hydrogen-bond donors (Lipinski definition) is 3. The number of pyridine rings is 1. The van der Waals surface area contributed by atoms with Gasteiger partial charge >= 0.3 is 6.03 Å². The Balaban J connectivity index is 2.15. The highest BCUT2D eigenvalue weighted by molar-refractivity contribution is 6.31. The lowest BCUT2D eigenvalue weighted by Crippen LogP contribution is -2.38. The molecule has 0 aliphatic rings. The van der Waals surface area contributed by atoms with Gasteiger partial charge in [-0.15, -0.1) is 0 Å². The van der Waals surface area contributed by atoms with Crippen LogP contribution >= 0.6 is 11.6 Å². The van der Waals surface area contributed by atoms with E-state index in [1.807, 2.05) is 18.2 Å². The third kappa shape index (κ3) is 4.84. The van der Waals surface area contributed by atoms with Gasteiger partial charge in [0, 0.05) is 17.3 Å². The van der Waals surface area contributed by atoms with E-state index in [2.05, 4.69) is 10.6 Å². The molecule has 0 radical (unpaired) electrons. The summed E-state index contributed by atoms with van der Waals surface area (Å²) >= 11 is 6.11. The summed E-state index contributed by atoms with van der Waals surface area (Å²) < 4.78 is 1.46. The van der Waals surface area contributed by atoms with Crippen LogP contribution in [0, 0.1) is 0 Å². The maximum atomic E-state index is 12.0. The standard InChI is InChI=1S/C16H18ClN3O3/c1-11(10-21)18-16(23)19-13-6-7-15(22)20(9-13)8-12-4-2-3-5-14(12)17/h2-7,9,11,21H,8,10H2,1H3,(H2,18,19,23)/t11-/m0/s1. The first-order valence-corrected chi connectivity index (χ1v) is 7.49. The number of aromatic nitrogens is 1. The van der Waals surface area contributed by atoms with Crippen LogP contribution in [-0.4, -0.2) is 28.4 Å². The SMILES string of the molecule is C[C@@H](CO)NC(=O)Nc1ccc(=O)n(Cc2ccccc2Cl)c1. The molecule has 0 aliphatic heterocycles. The summed E-state index contributed by atoms with van der Waals surface area (Å²) in [6, 6.07) is 9.35. The largest absolute Gasteiger partial charge is 0.394 e. The van der Waals surface area contributed by atoms with Crippen LogP contribution in [0.2, 0.25) is 5.02 Å². The lowest BCUT2D eigenvalue weighted by atomic mass is 10.2. The number of urea groups is 1. The molecule has 6 nitrogen and oxygen atoms in total. The van der Waals surface area contributed by atoms with Crippen LogP contribution < -0.4 is 16.2 Å². The van der Waals surface area contributed by atoms with Gasteiger partial charge in [0.25, 0.3) is 5.56 Å². The maximum Gasteiger partial charge on any atom is 0.319 e. The molecule has 0 bridgehead atoms. The van der Waals surface area contributed by atoms with Gasteiger partial charge in [0.05, 0.1) is 24.9 Å². The first kappa shape index (κ1) is 17.1. The fraction of sp³-hybridized carbons (Fsp3) is 0.250. The molecule has 1 aromatic heterocycles. The first-order valence-electron chi connectivity index (χ1n) is 7.12. The van der Waals surface area contributed by atoms with Gasteiger partial charge in [0.2, 0.25) is 0 Å². The summed E-state index contributed by atoms with van der Waals surface area (Å²) in [6.45, 7) is 1.83. The molecule has 0 saturated carbocycles. The molecule has 2 rings (SSSR count). The van der Waals surface area contributed by atoms with Gasteiger partial charge in [0.1, 0.15) is 0 Å². The number of carbonyl (C=O) groups is 1. The summed E-state index contributed by atoms with van der Waals surface area (Å²) in [4.78, 5) is 23.7. The number of nitrogens with zero attached hydrogens (tertiary/aromatic N) is 1. The average molecular weight is 336 g/mol. The molecule has 2 amide bonds.